The second kappa shape index (κ2) is 10.4. The summed E-state index contributed by atoms with van der Waals surface area (Å²) in [5.41, 5.74) is 0.0131. The lowest BCUT2D eigenvalue weighted by molar-refractivity contribution is -0.139. The molecule has 1 aliphatic rings. The fourth-order valence-electron chi connectivity index (χ4n) is 3.97. The van der Waals surface area contributed by atoms with E-state index in [0.717, 1.165) is 6.07 Å². The Kier molecular flexibility index (Phi) is 7.45. The van der Waals surface area contributed by atoms with E-state index in [0.29, 0.717) is 41.2 Å². The summed E-state index contributed by atoms with van der Waals surface area (Å²) in [6.45, 7) is 3.65. The minimum Gasteiger partial charge on any atom is -0.493 e. The van der Waals surface area contributed by atoms with Crippen molar-refractivity contribution in [2.45, 2.75) is 51.0 Å². The molecule has 0 bridgehead atoms. The first-order chi connectivity index (χ1) is 17.4. The van der Waals surface area contributed by atoms with Crippen LogP contribution < -0.4 is 9.47 Å². The number of carbonyl (C=O) groups is 1. The lowest BCUT2D eigenvalue weighted by atomic mass is 9.97. The fraction of sp³-hybridized carbons (Fsp3) is 0.357. The van der Waals surface area contributed by atoms with Gasteiger partial charge in [0.2, 0.25) is 0 Å². The minimum atomic E-state index is -4.53. The van der Waals surface area contributed by atoms with Gasteiger partial charge in [-0.3, -0.25) is 9.78 Å². The van der Waals surface area contributed by atoms with Crippen LogP contribution in [0.1, 0.15) is 49.4 Å². The van der Waals surface area contributed by atoms with Crippen LogP contribution in [0.2, 0.25) is 0 Å². The molecule has 2 N–H and O–H groups in total. The number of aliphatic carboxylic acids is 1. The van der Waals surface area contributed by atoms with Crippen molar-refractivity contribution in [3.63, 3.8) is 0 Å². The molecule has 1 fully saturated rings. The molecule has 9 heteroatoms. The van der Waals surface area contributed by atoms with Gasteiger partial charge in [0.15, 0.2) is 0 Å². The highest BCUT2D eigenvalue weighted by molar-refractivity contribution is 5.75. The molecule has 0 amide bonds. The predicted molar refractivity (Wildman–Crippen MR) is 130 cm³/mol. The van der Waals surface area contributed by atoms with Crippen molar-refractivity contribution in [2.24, 2.45) is 5.92 Å². The Morgan fingerprint density at radius 1 is 1.03 bits per heavy atom. The van der Waals surface area contributed by atoms with Crippen LogP contribution in [-0.2, 0) is 17.6 Å². The highest BCUT2D eigenvalue weighted by Gasteiger charge is 2.45. The number of halogens is 3. The summed E-state index contributed by atoms with van der Waals surface area (Å²) in [7, 11) is 0. The zero-order valence-corrected chi connectivity index (χ0v) is 20.5. The SMILES string of the molecule is CC(C)(O)CCOc1ccc(-c2cc(COc3ccc([C@H]4C[C@@H]4C(=O)O)nc3)ccc2C(F)(F)F)cc1. The van der Waals surface area contributed by atoms with Crippen molar-refractivity contribution in [3.05, 3.63) is 77.6 Å². The van der Waals surface area contributed by atoms with Gasteiger partial charge in [0.1, 0.15) is 18.1 Å². The number of pyridine rings is 1. The van der Waals surface area contributed by atoms with E-state index in [-0.39, 0.29) is 24.7 Å². The van der Waals surface area contributed by atoms with Crippen molar-refractivity contribution in [1.29, 1.82) is 0 Å². The maximum absolute atomic E-state index is 13.7. The smallest absolute Gasteiger partial charge is 0.417 e. The van der Waals surface area contributed by atoms with Crippen LogP contribution >= 0.6 is 0 Å². The molecule has 6 nitrogen and oxygen atoms in total. The lowest BCUT2D eigenvalue weighted by Crippen LogP contribution is -2.21. The monoisotopic (exact) mass is 515 g/mol. The van der Waals surface area contributed by atoms with E-state index in [1.807, 2.05) is 0 Å². The van der Waals surface area contributed by atoms with Gasteiger partial charge in [0.25, 0.3) is 0 Å². The average molecular weight is 516 g/mol. The topological polar surface area (TPSA) is 88.9 Å². The third-order valence-corrected chi connectivity index (χ3v) is 6.19. The third-order valence-electron chi connectivity index (χ3n) is 6.19. The van der Waals surface area contributed by atoms with Gasteiger partial charge in [0.05, 0.1) is 29.9 Å². The molecule has 0 spiro atoms. The van der Waals surface area contributed by atoms with Gasteiger partial charge >= 0.3 is 12.1 Å². The fourth-order valence-corrected chi connectivity index (χ4v) is 3.97. The summed E-state index contributed by atoms with van der Waals surface area (Å²) in [6, 6.07) is 13.6. The normalized spacial score (nSPS) is 17.4. The van der Waals surface area contributed by atoms with Gasteiger partial charge in [-0.1, -0.05) is 18.2 Å². The number of hydrogen-bond donors (Lipinski definition) is 2. The molecule has 2 aromatic carbocycles. The number of ether oxygens (including phenoxy) is 2. The largest absolute Gasteiger partial charge is 0.493 e. The summed E-state index contributed by atoms with van der Waals surface area (Å²) >= 11 is 0. The van der Waals surface area contributed by atoms with Crippen molar-refractivity contribution < 1.29 is 37.7 Å². The van der Waals surface area contributed by atoms with Crippen molar-refractivity contribution in [3.8, 4) is 22.6 Å². The number of benzene rings is 2. The first-order valence-electron chi connectivity index (χ1n) is 11.9. The number of carboxylic acids is 1. The molecule has 1 aromatic heterocycles. The van der Waals surface area contributed by atoms with Crippen LogP contribution in [0.3, 0.4) is 0 Å². The van der Waals surface area contributed by atoms with Crippen LogP contribution in [0.4, 0.5) is 13.2 Å². The van der Waals surface area contributed by atoms with Gasteiger partial charge < -0.3 is 19.7 Å². The molecule has 0 unspecified atom stereocenters. The molecule has 0 radical (unpaired) electrons. The van der Waals surface area contributed by atoms with E-state index >= 15 is 0 Å². The van der Waals surface area contributed by atoms with Crippen molar-refractivity contribution in [2.75, 3.05) is 6.61 Å². The number of aliphatic hydroxyl groups is 1. The van der Waals surface area contributed by atoms with E-state index in [9.17, 15) is 23.1 Å². The lowest BCUT2D eigenvalue weighted by Gasteiger charge is -2.17. The molecule has 1 heterocycles. The van der Waals surface area contributed by atoms with Gasteiger partial charge in [-0.05, 0) is 73.4 Å². The molecule has 0 aliphatic heterocycles. The van der Waals surface area contributed by atoms with E-state index < -0.39 is 29.2 Å². The number of aromatic nitrogens is 1. The van der Waals surface area contributed by atoms with Gasteiger partial charge in [0, 0.05) is 18.0 Å². The Balaban J connectivity index is 1.46. The Bertz CT molecular complexity index is 1230. The van der Waals surface area contributed by atoms with E-state index in [4.69, 9.17) is 14.6 Å². The molecule has 2 atom stereocenters. The standard InChI is InChI=1S/C28H28F3NO5/c1-27(2,35)11-12-36-19-6-4-18(5-7-19)21-13-17(3-9-24(21)28(29,30)31)16-37-20-8-10-25(32-15-20)22-14-23(22)26(33)34/h3-10,13,15,22-23,35H,11-12,14,16H2,1-2H3,(H,33,34)/t22-,23-/m0/s1. The Hall–Kier alpha value is -3.59. The van der Waals surface area contributed by atoms with Crippen LogP contribution in [-0.4, -0.2) is 33.4 Å². The highest BCUT2D eigenvalue weighted by Crippen LogP contribution is 2.46. The summed E-state index contributed by atoms with van der Waals surface area (Å²) in [5.74, 6) is -0.401. The molecule has 37 heavy (non-hydrogen) atoms. The summed E-state index contributed by atoms with van der Waals surface area (Å²) in [5, 5.41) is 18.8. The van der Waals surface area contributed by atoms with E-state index in [1.54, 1.807) is 50.2 Å². The second-order valence-electron chi connectivity index (χ2n) is 9.81. The maximum Gasteiger partial charge on any atom is 0.417 e. The van der Waals surface area contributed by atoms with Gasteiger partial charge in [-0.2, -0.15) is 13.2 Å². The van der Waals surface area contributed by atoms with Gasteiger partial charge in [-0.25, -0.2) is 0 Å². The summed E-state index contributed by atoms with van der Waals surface area (Å²) in [4.78, 5) is 15.3. The maximum atomic E-state index is 13.7. The number of alkyl halides is 3. The molecule has 1 saturated carbocycles. The van der Waals surface area contributed by atoms with Crippen LogP contribution in [0.25, 0.3) is 11.1 Å². The second-order valence-corrected chi connectivity index (χ2v) is 9.81. The zero-order valence-electron chi connectivity index (χ0n) is 20.5. The highest BCUT2D eigenvalue weighted by atomic mass is 19.4. The average Bonchev–Trinajstić information content (AvgIpc) is 3.63. The number of hydrogen-bond acceptors (Lipinski definition) is 5. The molecule has 4 rings (SSSR count). The van der Waals surface area contributed by atoms with Crippen LogP contribution in [0.5, 0.6) is 11.5 Å². The molecule has 196 valence electrons. The molecule has 0 saturated heterocycles. The van der Waals surface area contributed by atoms with Crippen LogP contribution in [0.15, 0.2) is 60.8 Å². The minimum absolute atomic E-state index is 0.0264. The quantitative estimate of drug-likeness (QED) is 0.341. The molecular formula is C28H28F3NO5. The zero-order chi connectivity index (χ0) is 26.8. The Labute approximate surface area is 212 Å². The third kappa shape index (κ3) is 7.01. The molecule has 3 aromatic rings. The van der Waals surface area contributed by atoms with Crippen LogP contribution in [0, 0.1) is 5.92 Å². The predicted octanol–water partition coefficient (Wildman–Crippen LogP) is 6.07. The number of rotatable bonds is 10. The first kappa shape index (κ1) is 26.5. The first-order valence-corrected chi connectivity index (χ1v) is 11.9. The van der Waals surface area contributed by atoms with E-state index in [1.165, 1.54) is 18.3 Å². The number of carboxylic acid groups (broad SMARTS) is 1. The van der Waals surface area contributed by atoms with E-state index in [2.05, 4.69) is 4.98 Å². The Morgan fingerprint density at radius 2 is 1.73 bits per heavy atom. The molecule has 1 aliphatic carbocycles. The molecular weight excluding hydrogens is 487 g/mol. The number of nitrogens with zero attached hydrogens (tertiary/aromatic N) is 1. The van der Waals surface area contributed by atoms with Crippen molar-refractivity contribution in [1.82, 2.24) is 4.98 Å². The summed E-state index contributed by atoms with van der Waals surface area (Å²) in [6.07, 6.45) is -2.07. The summed E-state index contributed by atoms with van der Waals surface area (Å²) < 4.78 is 52.5. The Morgan fingerprint density at radius 3 is 2.30 bits per heavy atom. The van der Waals surface area contributed by atoms with Crippen molar-refractivity contribution >= 4 is 5.97 Å². The van der Waals surface area contributed by atoms with Gasteiger partial charge in [-0.15, -0.1) is 0 Å².